The highest BCUT2D eigenvalue weighted by molar-refractivity contribution is 6.17. The van der Waals surface area contributed by atoms with Crippen LogP contribution in [-0.2, 0) is 19.1 Å². The highest BCUT2D eigenvalue weighted by Crippen LogP contribution is 2.55. The van der Waals surface area contributed by atoms with Crippen molar-refractivity contribution in [3.8, 4) is 17.6 Å². The number of hydrogen-bond acceptors (Lipinski definition) is 5. The van der Waals surface area contributed by atoms with Crippen molar-refractivity contribution in [1.29, 1.82) is 0 Å². The molecular weight excluding hydrogens is 332 g/mol. The van der Waals surface area contributed by atoms with Gasteiger partial charge in [-0.05, 0) is 25.5 Å². The molecule has 136 valence electrons. The lowest BCUT2D eigenvalue weighted by molar-refractivity contribution is -0.127. The van der Waals surface area contributed by atoms with Crippen LogP contribution in [0.3, 0.4) is 0 Å². The fourth-order valence-corrected chi connectivity index (χ4v) is 4.93. The van der Waals surface area contributed by atoms with Crippen LogP contribution in [-0.4, -0.2) is 44.6 Å². The molecule has 0 aromatic heterocycles. The molecule has 0 radical (unpaired) electrons. The third kappa shape index (κ3) is 2.40. The molecule has 26 heavy (non-hydrogen) atoms. The van der Waals surface area contributed by atoms with Crippen LogP contribution >= 0.6 is 0 Å². The van der Waals surface area contributed by atoms with Crippen LogP contribution in [0.15, 0.2) is 18.2 Å². The van der Waals surface area contributed by atoms with E-state index in [1.807, 2.05) is 6.07 Å². The second-order valence-corrected chi connectivity index (χ2v) is 7.21. The van der Waals surface area contributed by atoms with Crippen molar-refractivity contribution in [2.75, 3.05) is 20.8 Å². The molecule has 5 nitrogen and oxygen atoms in total. The molecule has 1 aliphatic carbocycles. The van der Waals surface area contributed by atoms with Crippen LogP contribution in [0.5, 0.6) is 5.75 Å². The molecule has 0 N–H and O–H groups in total. The van der Waals surface area contributed by atoms with Gasteiger partial charge < -0.3 is 14.2 Å². The number of hydrogen-bond donors (Lipinski definition) is 0. The molecule has 2 bridgehead atoms. The number of ether oxygens (including phenoxy) is 3. The molecule has 1 aromatic carbocycles. The Morgan fingerprint density at radius 3 is 2.65 bits per heavy atom. The first kappa shape index (κ1) is 17.3. The minimum absolute atomic E-state index is 0.0315. The van der Waals surface area contributed by atoms with Crippen molar-refractivity contribution in [1.82, 2.24) is 0 Å². The minimum atomic E-state index is -0.765. The van der Waals surface area contributed by atoms with Crippen molar-refractivity contribution in [3.63, 3.8) is 0 Å². The van der Waals surface area contributed by atoms with Gasteiger partial charge in [0.2, 0.25) is 0 Å². The Kier molecular flexibility index (Phi) is 4.34. The van der Waals surface area contributed by atoms with Crippen molar-refractivity contribution in [3.05, 3.63) is 29.3 Å². The average molecular weight is 354 g/mol. The van der Waals surface area contributed by atoms with E-state index >= 15 is 0 Å². The van der Waals surface area contributed by atoms with Crippen LogP contribution in [0.1, 0.15) is 30.4 Å². The van der Waals surface area contributed by atoms with Crippen molar-refractivity contribution in [2.24, 2.45) is 17.8 Å². The van der Waals surface area contributed by atoms with E-state index in [2.05, 4.69) is 11.8 Å². The fraction of sp³-hybridized carbons (Fsp3) is 0.524. The lowest BCUT2D eigenvalue weighted by Crippen LogP contribution is -2.36. The van der Waals surface area contributed by atoms with E-state index in [-0.39, 0.29) is 41.5 Å². The van der Waals surface area contributed by atoms with Crippen molar-refractivity contribution >= 4 is 11.6 Å². The van der Waals surface area contributed by atoms with Gasteiger partial charge in [0.1, 0.15) is 11.7 Å². The third-order valence-corrected chi connectivity index (χ3v) is 5.89. The first-order valence-electron chi connectivity index (χ1n) is 8.93. The van der Waals surface area contributed by atoms with E-state index in [1.54, 1.807) is 33.3 Å². The Hall–Kier alpha value is -2.16. The standard InChI is InChI=1S/C21H22O5/c1-4-5-11-6-7-13(14(8-11)25-3)16-19(22)17-15-9-12(10-24-2)21(26-15)18(17)20(16)23/h6-8,12,15-18,21H,9-10H2,1-3H3. The zero-order chi connectivity index (χ0) is 18.4. The predicted molar refractivity (Wildman–Crippen MR) is 93.9 cm³/mol. The second kappa shape index (κ2) is 6.53. The quantitative estimate of drug-likeness (QED) is 0.611. The van der Waals surface area contributed by atoms with Gasteiger partial charge in [0, 0.05) is 24.2 Å². The molecular formula is C21H22O5. The van der Waals surface area contributed by atoms with E-state index in [9.17, 15) is 9.59 Å². The fourth-order valence-electron chi connectivity index (χ4n) is 4.93. The zero-order valence-electron chi connectivity index (χ0n) is 15.2. The summed E-state index contributed by atoms with van der Waals surface area (Å²) in [6, 6.07) is 5.43. The van der Waals surface area contributed by atoms with E-state index in [0.29, 0.717) is 17.9 Å². The summed E-state index contributed by atoms with van der Waals surface area (Å²) in [6.07, 6.45) is 0.415. The second-order valence-electron chi connectivity index (χ2n) is 7.21. The van der Waals surface area contributed by atoms with Crippen LogP contribution in [0, 0.1) is 29.6 Å². The van der Waals surface area contributed by atoms with Gasteiger partial charge in [0.05, 0.1) is 37.8 Å². The summed E-state index contributed by atoms with van der Waals surface area (Å²) in [7, 11) is 3.20. The lowest BCUT2D eigenvalue weighted by Gasteiger charge is -2.25. The van der Waals surface area contributed by atoms with Gasteiger partial charge >= 0.3 is 0 Å². The van der Waals surface area contributed by atoms with Gasteiger partial charge in [-0.3, -0.25) is 9.59 Å². The van der Waals surface area contributed by atoms with E-state index in [0.717, 1.165) is 12.0 Å². The summed E-state index contributed by atoms with van der Waals surface area (Å²) in [5.74, 6) is 5.02. The highest BCUT2D eigenvalue weighted by atomic mass is 16.5. The summed E-state index contributed by atoms with van der Waals surface area (Å²) < 4.78 is 16.7. The number of rotatable bonds is 4. The number of carbonyl (C=O) groups excluding carboxylic acids is 2. The first-order chi connectivity index (χ1) is 12.6. The first-order valence-corrected chi connectivity index (χ1v) is 8.93. The van der Waals surface area contributed by atoms with Gasteiger partial charge in [0.25, 0.3) is 0 Å². The topological polar surface area (TPSA) is 61.8 Å². The van der Waals surface area contributed by atoms with Crippen LogP contribution < -0.4 is 4.74 Å². The summed E-state index contributed by atoms with van der Waals surface area (Å²) in [4.78, 5) is 26.3. The number of Topliss-reactive ketones (excluding diaryl/α,β-unsaturated/α-hetero) is 2. The summed E-state index contributed by atoms with van der Waals surface area (Å²) >= 11 is 0. The number of benzene rings is 1. The monoisotopic (exact) mass is 354 g/mol. The van der Waals surface area contributed by atoms with E-state index in [4.69, 9.17) is 14.2 Å². The molecule has 5 heteroatoms. The van der Waals surface area contributed by atoms with Crippen molar-refractivity contribution in [2.45, 2.75) is 31.5 Å². The summed E-state index contributed by atoms with van der Waals surface area (Å²) in [6.45, 7) is 2.32. The van der Waals surface area contributed by atoms with Crippen molar-refractivity contribution < 1.29 is 23.8 Å². The van der Waals surface area contributed by atoms with E-state index < -0.39 is 5.92 Å². The number of methoxy groups -OCH3 is 2. The molecule has 3 fully saturated rings. The predicted octanol–water partition coefficient (Wildman–Crippen LogP) is 1.97. The molecule has 6 atom stereocenters. The molecule has 2 saturated heterocycles. The van der Waals surface area contributed by atoms with Crippen LogP contribution in [0.25, 0.3) is 0 Å². The SMILES string of the molecule is CC#Cc1ccc(C2C(=O)C3C4CC(COC)C(O4)C3C2=O)c(OC)c1. The Labute approximate surface area is 153 Å². The maximum Gasteiger partial charge on any atom is 0.154 e. The average Bonchev–Trinajstić information content (AvgIpc) is 3.27. The third-order valence-electron chi connectivity index (χ3n) is 5.89. The minimum Gasteiger partial charge on any atom is -0.496 e. The van der Waals surface area contributed by atoms with Gasteiger partial charge in [0.15, 0.2) is 11.6 Å². The molecule has 2 heterocycles. The molecule has 0 amide bonds. The molecule has 6 unspecified atom stereocenters. The lowest BCUT2D eigenvalue weighted by atomic mass is 9.75. The zero-order valence-corrected chi connectivity index (χ0v) is 15.2. The van der Waals surface area contributed by atoms with E-state index in [1.165, 1.54) is 0 Å². The number of fused-ring (bicyclic) bond motifs is 5. The molecule has 0 spiro atoms. The summed E-state index contributed by atoms with van der Waals surface area (Å²) in [5, 5.41) is 0. The Bertz CT molecular complexity index is 817. The number of carbonyl (C=O) groups is 2. The smallest absolute Gasteiger partial charge is 0.154 e. The largest absolute Gasteiger partial charge is 0.496 e. The molecule has 4 rings (SSSR count). The molecule has 1 saturated carbocycles. The Morgan fingerprint density at radius 1 is 1.19 bits per heavy atom. The van der Waals surface area contributed by atoms with Gasteiger partial charge in [-0.15, -0.1) is 5.92 Å². The van der Waals surface area contributed by atoms with Crippen LogP contribution in [0.2, 0.25) is 0 Å². The Morgan fingerprint density at radius 2 is 1.96 bits per heavy atom. The number of ketones is 2. The van der Waals surface area contributed by atoms with Gasteiger partial charge in [-0.1, -0.05) is 12.0 Å². The van der Waals surface area contributed by atoms with Gasteiger partial charge in [-0.25, -0.2) is 0 Å². The Balaban J connectivity index is 1.68. The molecule has 3 aliphatic rings. The van der Waals surface area contributed by atoms with Crippen LogP contribution in [0.4, 0.5) is 0 Å². The highest BCUT2D eigenvalue weighted by Gasteiger charge is 2.65. The molecule has 1 aromatic rings. The maximum absolute atomic E-state index is 13.2. The van der Waals surface area contributed by atoms with Gasteiger partial charge in [-0.2, -0.15) is 0 Å². The normalized spacial score (nSPS) is 34.6. The summed E-state index contributed by atoms with van der Waals surface area (Å²) in [5.41, 5.74) is 1.44. The molecule has 2 aliphatic heterocycles. The maximum atomic E-state index is 13.2.